The third-order valence-corrected chi connectivity index (χ3v) is 8.71. The molecule has 0 saturated heterocycles. The van der Waals surface area contributed by atoms with Crippen LogP contribution < -0.4 is 0 Å². The molecule has 0 fully saturated rings. The average molecular weight is 389 g/mol. The number of hydrogen-bond acceptors (Lipinski definition) is 3. The summed E-state index contributed by atoms with van der Waals surface area (Å²) in [6.45, 7) is 11.1. The molecule has 0 spiro atoms. The van der Waals surface area contributed by atoms with Crippen molar-refractivity contribution in [3.8, 4) is 11.8 Å². The molecule has 22 heavy (non-hydrogen) atoms. The van der Waals surface area contributed by atoms with Crippen molar-refractivity contribution in [3.63, 3.8) is 0 Å². The van der Waals surface area contributed by atoms with E-state index in [1.54, 1.807) is 0 Å². The minimum atomic E-state index is -1.87. The molecule has 0 radical (unpaired) electrons. The predicted molar refractivity (Wildman–Crippen MR) is 98.6 cm³/mol. The second-order valence-corrected chi connectivity index (χ2v) is 12.1. The number of hydrogen-bond donors (Lipinski definition) is 0. The Morgan fingerprint density at radius 2 is 2.00 bits per heavy atom. The number of methoxy groups -OCH3 is 1. The van der Waals surface area contributed by atoms with Crippen LogP contribution in [0.25, 0.3) is 0 Å². The normalized spacial score (nSPS) is 13.6. The molecule has 0 aliphatic heterocycles. The predicted octanol–water partition coefficient (Wildman–Crippen LogP) is 4.67. The Balaban J connectivity index is 4.81. The van der Waals surface area contributed by atoms with Gasteiger partial charge in [0.1, 0.15) is 6.10 Å². The number of carbonyl (C=O) groups is 1. The molecule has 0 aromatic carbocycles. The second-order valence-electron chi connectivity index (χ2n) is 6.68. The standard InChI is InChI=1S/C17H29BrO3Si/c1-17(2,3)22(5,6)21-15(11-8-7-9-14-18)12-10-13-16(19)20-4/h7,9,15H,10,12-14H2,1-6H3/t15-/m1/s1. The lowest BCUT2D eigenvalue weighted by Crippen LogP contribution is -2.43. The summed E-state index contributed by atoms with van der Waals surface area (Å²) < 4.78 is 11.0. The Bertz CT molecular complexity index is 427. The SMILES string of the molecule is COC(=O)CCC[C@@H](C#CC=CCBr)O[Si](C)(C)C(C)(C)C. The fraction of sp³-hybridized carbons (Fsp3) is 0.706. The second kappa shape index (κ2) is 10.2. The van der Waals surface area contributed by atoms with E-state index in [1.807, 2.05) is 12.2 Å². The molecule has 3 nitrogen and oxygen atoms in total. The number of halogens is 1. The molecule has 0 aromatic heterocycles. The molecule has 0 aromatic rings. The van der Waals surface area contributed by atoms with Gasteiger partial charge in [0.2, 0.25) is 0 Å². The van der Waals surface area contributed by atoms with Crippen molar-refractivity contribution >= 4 is 30.2 Å². The Morgan fingerprint density at radius 1 is 1.36 bits per heavy atom. The van der Waals surface area contributed by atoms with Crippen LogP contribution >= 0.6 is 15.9 Å². The van der Waals surface area contributed by atoms with Crippen LogP contribution in [0.15, 0.2) is 12.2 Å². The summed E-state index contributed by atoms with van der Waals surface area (Å²) in [5.74, 6) is 6.03. The maximum Gasteiger partial charge on any atom is 0.305 e. The minimum Gasteiger partial charge on any atom is -0.469 e. The Kier molecular flexibility index (Phi) is 9.98. The van der Waals surface area contributed by atoms with Crippen molar-refractivity contribution in [1.29, 1.82) is 0 Å². The van der Waals surface area contributed by atoms with Crippen LogP contribution in [0.1, 0.15) is 40.0 Å². The van der Waals surface area contributed by atoms with Gasteiger partial charge in [0, 0.05) is 11.8 Å². The fourth-order valence-corrected chi connectivity index (χ4v) is 2.90. The van der Waals surface area contributed by atoms with Crippen LogP contribution in [0.5, 0.6) is 0 Å². The zero-order valence-corrected chi connectivity index (χ0v) is 17.2. The first-order valence-electron chi connectivity index (χ1n) is 7.60. The highest BCUT2D eigenvalue weighted by Gasteiger charge is 2.38. The van der Waals surface area contributed by atoms with Gasteiger partial charge in [-0.25, -0.2) is 0 Å². The van der Waals surface area contributed by atoms with Crippen molar-refractivity contribution < 1.29 is 14.0 Å². The molecular weight excluding hydrogens is 360 g/mol. The summed E-state index contributed by atoms with van der Waals surface area (Å²) in [6, 6.07) is 0. The van der Waals surface area contributed by atoms with Gasteiger partial charge in [-0.2, -0.15) is 0 Å². The molecule has 0 heterocycles. The van der Waals surface area contributed by atoms with E-state index >= 15 is 0 Å². The van der Waals surface area contributed by atoms with Crippen LogP contribution in [-0.4, -0.2) is 32.8 Å². The lowest BCUT2D eigenvalue weighted by molar-refractivity contribution is -0.140. The Labute approximate surface area is 145 Å². The maximum atomic E-state index is 11.2. The first kappa shape index (κ1) is 21.4. The van der Waals surface area contributed by atoms with Gasteiger partial charge in [0.05, 0.1) is 7.11 Å². The first-order chi connectivity index (χ1) is 10.1. The van der Waals surface area contributed by atoms with Crippen LogP contribution in [0.4, 0.5) is 0 Å². The quantitative estimate of drug-likeness (QED) is 0.275. The highest BCUT2D eigenvalue weighted by molar-refractivity contribution is 9.09. The van der Waals surface area contributed by atoms with Crippen LogP contribution in [0, 0.1) is 11.8 Å². The van der Waals surface area contributed by atoms with Gasteiger partial charge in [-0.3, -0.25) is 4.79 Å². The van der Waals surface area contributed by atoms with E-state index in [0.29, 0.717) is 6.42 Å². The molecule has 1 atom stereocenters. The summed E-state index contributed by atoms with van der Waals surface area (Å²) in [5.41, 5.74) is 0. The van der Waals surface area contributed by atoms with E-state index in [4.69, 9.17) is 4.43 Å². The zero-order valence-electron chi connectivity index (χ0n) is 14.7. The summed E-state index contributed by atoms with van der Waals surface area (Å²) in [6.07, 6.45) is 5.53. The summed E-state index contributed by atoms with van der Waals surface area (Å²) in [5, 5.41) is 0.929. The van der Waals surface area contributed by atoms with E-state index < -0.39 is 8.32 Å². The van der Waals surface area contributed by atoms with Crippen molar-refractivity contribution in [2.45, 2.75) is 64.3 Å². The lowest BCUT2D eigenvalue weighted by Gasteiger charge is -2.38. The largest absolute Gasteiger partial charge is 0.469 e. The number of allylic oxidation sites excluding steroid dienone is 2. The lowest BCUT2D eigenvalue weighted by atomic mass is 10.1. The van der Waals surface area contributed by atoms with Crippen LogP contribution in [0.3, 0.4) is 0 Å². The average Bonchev–Trinajstić information content (AvgIpc) is 2.41. The third-order valence-electron chi connectivity index (χ3n) is 3.85. The van der Waals surface area contributed by atoms with E-state index in [9.17, 15) is 4.79 Å². The molecule has 0 N–H and O–H groups in total. The van der Waals surface area contributed by atoms with E-state index in [0.717, 1.165) is 18.2 Å². The van der Waals surface area contributed by atoms with Crippen molar-refractivity contribution in [2.75, 3.05) is 12.4 Å². The van der Waals surface area contributed by atoms with Gasteiger partial charge in [0.25, 0.3) is 0 Å². The number of ether oxygens (including phenoxy) is 1. The van der Waals surface area contributed by atoms with Gasteiger partial charge >= 0.3 is 5.97 Å². The molecule has 5 heteroatoms. The number of rotatable bonds is 7. The Morgan fingerprint density at radius 3 is 2.50 bits per heavy atom. The van der Waals surface area contributed by atoms with Crippen LogP contribution in [0.2, 0.25) is 18.1 Å². The molecule has 0 unspecified atom stereocenters. The van der Waals surface area contributed by atoms with Gasteiger partial charge in [-0.1, -0.05) is 54.6 Å². The van der Waals surface area contributed by atoms with Gasteiger partial charge in [-0.15, -0.1) is 0 Å². The monoisotopic (exact) mass is 388 g/mol. The molecule has 0 amide bonds. The number of carbonyl (C=O) groups excluding carboxylic acids is 1. The minimum absolute atomic E-state index is 0.134. The Hall–Kier alpha value is -0.573. The molecule has 0 bridgehead atoms. The highest BCUT2D eigenvalue weighted by Crippen LogP contribution is 2.37. The van der Waals surface area contributed by atoms with Crippen molar-refractivity contribution in [1.82, 2.24) is 0 Å². The zero-order chi connectivity index (χ0) is 17.2. The first-order valence-corrected chi connectivity index (χ1v) is 11.6. The van der Waals surface area contributed by atoms with Gasteiger partial charge in [-0.05, 0) is 37.0 Å². The van der Waals surface area contributed by atoms with Gasteiger partial charge in [0.15, 0.2) is 8.32 Å². The topological polar surface area (TPSA) is 35.5 Å². The summed E-state index contributed by atoms with van der Waals surface area (Å²) >= 11 is 3.33. The van der Waals surface area contributed by atoms with E-state index in [-0.39, 0.29) is 17.1 Å². The molecule has 126 valence electrons. The molecule has 0 aliphatic rings. The van der Waals surface area contributed by atoms with Gasteiger partial charge < -0.3 is 9.16 Å². The number of alkyl halides is 1. The van der Waals surface area contributed by atoms with Crippen molar-refractivity contribution in [3.05, 3.63) is 12.2 Å². The number of esters is 1. The molecule has 0 aliphatic carbocycles. The highest BCUT2D eigenvalue weighted by atomic mass is 79.9. The third kappa shape index (κ3) is 8.77. The smallest absolute Gasteiger partial charge is 0.305 e. The molecular formula is C17H29BrO3Si. The van der Waals surface area contributed by atoms with Crippen LogP contribution in [-0.2, 0) is 14.0 Å². The molecule has 0 rings (SSSR count). The van der Waals surface area contributed by atoms with E-state index in [2.05, 4.69) is 66.4 Å². The maximum absolute atomic E-state index is 11.2. The van der Waals surface area contributed by atoms with E-state index in [1.165, 1.54) is 7.11 Å². The summed E-state index contributed by atoms with van der Waals surface area (Å²) in [4.78, 5) is 11.2. The molecule has 0 saturated carbocycles. The summed E-state index contributed by atoms with van der Waals surface area (Å²) in [7, 11) is -0.460. The van der Waals surface area contributed by atoms with Crippen molar-refractivity contribution in [2.24, 2.45) is 0 Å². The fourth-order valence-electron chi connectivity index (χ4n) is 1.47.